The Balaban J connectivity index is 3.04. The van der Waals surface area contributed by atoms with Crippen molar-refractivity contribution in [3.63, 3.8) is 0 Å². The van der Waals surface area contributed by atoms with E-state index in [4.69, 9.17) is 0 Å². The van der Waals surface area contributed by atoms with Crippen LogP contribution in [0.25, 0.3) is 6.08 Å². The molecule has 1 nitrogen and oxygen atoms in total. The molecule has 0 radical (unpaired) electrons. The second kappa shape index (κ2) is 4.16. The monoisotopic (exact) mass is 228 g/mol. The quantitative estimate of drug-likeness (QED) is 0.562. The van der Waals surface area contributed by atoms with Crippen molar-refractivity contribution in [2.45, 2.75) is 0 Å². The summed E-state index contributed by atoms with van der Waals surface area (Å²) in [6.45, 7) is 0. The van der Waals surface area contributed by atoms with Crippen molar-refractivity contribution >= 4 is 28.3 Å². The highest BCUT2D eigenvalue weighted by atomic mass is 79.9. The lowest BCUT2D eigenvalue weighted by molar-refractivity contribution is -0.104. The summed E-state index contributed by atoms with van der Waals surface area (Å²) >= 11 is 3.20. The van der Waals surface area contributed by atoms with Gasteiger partial charge in [-0.2, -0.15) is 0 Å². The average Bonchev–Trinajstić information content (AvgIpc) is 2.07. The maximum atomic E-state index is 12.9. The lowest BCUT2D eigenvalue weighted by atomic mass is 10.2. The Morgan fingerprint density at radius 1 is 1.42 bits per heavy atom. The van der Waals surface area contributed by atoms with Crippen LogP contribution in [-0.4, -0.2) is 6.29 Å². The van der Waals surface area contributed by atoms with Gasteiger partial charge in [-0.05, 0) is 30.4 Å². The van der Waals surface area contributed by atoms with Gasteiger partial charge < -0.3 is 0 Å². The largest absolute Gasteiger partial charge is 0.299 e. The van der Waals surface area contributed by atoms with Gasteiger partial charge >= 0.3 is 0 Å². The summed E-state index contributed by atoms with van der Waals surface area (Å²) in [4.78, 5) is 9.95. The minimum absolute atomic E-state index is 0.337. The highest BCUT2D eigenvalue weighted by Crippen LogP contribution is 2.16. The van der Waals surface area contributed by atoms with Crippen LogP contribution in [0, 0.1) is 5.82 Å². The Kier molecular flexibility index (Phi) is 3.17. The molecular formula is C9H6BrFO. The van der Waals surface area contributed by atoms with E-state index in [9.17, 15) is 9.18 Å². The molecule has 0 aliphatic rings. The van der Waals surface area contributed by atoms with E-state index in [2.05, 4.69) is 15.9 Å². The fourth-order valence-corrected chi connectivity index (χ4v) is 1.16. The van der Waals surface area contributed by atoms with Crippen LogP contribution in [-0.2, 0) is 4.79 Å². The fraction of sp³-hybridized carbons (Fsp3) is 0. The summed E-state index contributed by atoms with van der Waals surface area (Å²) in [6.07, 6.45) is 3.29. The van der Waals surface area contributed by atoms with Gasteiger partial charge in [0.1, 0.15) is 12.1 Å². The Morgan fingerprint density at radius 3 is 2.83 bits per heavy atom. The number of halogens is 2. The van der Waals surface area contributed by atoms with Crippen molar-refractivity contribution in [2.75, 3.05) is 0 Å². The van der Waals surface area contributed by atoms with Crippen molar-refractivity contribution in [3.05, 3.63) is 40.1 Å². The molecule has 62 valence electrons. The van der Waals surface area contributed by atoms with Gasteiger partial charge in [-0.25, -0.2) is 4.39 Å². The summed E-state index contributed by atoms with van der Waals surface area (Å²) in [5.74, 6) is -0.337. The molecule has 0 N–H and O–H groups in total. The second-order valence-electron chi connectivity index (χ2n) is 2.16. The van der Waals surface area contributed by atoms with Gasteiger partial charge in [0.05, 0.1) is 0 Å². The van der Waals surface area contributed by atoms with Crippen molar-refractivity contribution in [1.82, 2.24) is 0 Å². The van der Waals surface area contributed by atoms with E-state index in [-0.39, 0.29) is 5.82 Å². The molecular weight excluding hydrogens is 223 g/mol. The standard InChI is InChI=1S/C9H6BrFO/c10-8-3-4-9(11)7(6-8)2-1-5-12/h1-6H/b2-1+. The maximum absolute atomic E-state index is 12.9. The van der Waals surface area contributed by atoms with Crippen LogP contribution in [0.1, 0.15) is 5.56 Å². The van der Waals surface area contributed by atoms with Gasteiger partial charge in [-0.15, -0.1) is 0 Å². The zero-order chi connectivity index (χ0) is 8.97. The third-order valence-corrected chi connectivity index (χ3v) is 1.81. The maximum Gasteiger partial charge on any atom is 0.142 e. The van der Waals surface area contributed by atoms with Crippen molar-refractivity contribution in [3.8, 4) is 0 Å². The first-order valence-electron chi connectivity index (χ1n) is 3.31. The van der Waals surface area contributed by atoms with E-state index in [0.29, 0.717) is 11.8 Å². The van der Waals surface area contributed by atoms with Crippen molar-refractivity contribution in [2.24, 2.45) is 0 Å². The second-order valence-corrected chi connectivity index (χ2v) is 3.08. The van der Waals surface area contributed by atoms with Crippen LogP contribution < -0.4 is 0 Å². The molecule has 1 aromatic carbocycles. The molecule has 1 aromatic rings. The van der Waals surface area contributed by atoms with Crippen LogP contribution in [0.15, 0.2) is 28.7 Å². The predicted octanol–water partition coefficient (Wildman–Crippen LogP) is 2.80. The molecule has 0 atom stereocenters. The number of benzene rings is 1. The molecule has 0 fully saturated rings. The first kappa shape index (κ1) is 9.13. The van der Waals surface area contributed by atoms with Crippen LogP contribution in [0.5, 0.6) is 0 Å². The molecule has 0 aromatic heterocycles. The highest BCUT2D eigenvalue weighted by Gasteiger charge is 1.97. The molecule has 1 rings (SSSR count). The van der Waals surface area contributed by atoms with E-state index in [1.807, 2.05) is 0 Å². The Hall–Kier alpha value is -0.960. The average molecular weight is 229 g/mol. The predicted molar refractivity (Wildman–Crippen MR) is 49.2 cm³/mol. The summed E-state index contributed by atoms with van der Waals surface area (Å²) in [7, 11) is 0. The first-order chi connectivity index (χ1) is 5.74. The van der Waals surface area contributed by atoms with E-state index in [0.717, 1.165) is 4.47 Å². The topological polar surface area (TPSA) is 17.1 Å². The number of aldehydes is 1. The molecule has 3 heteroatoms. The van der Waals surface area contributed by atoms with Crippen molar-refractivity contribution < 1.29 is 9.18 Å². The molecule has 0 heterocycles. The number of allylic oxidation sites excluding steroid dienone is 1. The third kappa shape index (κ3) is 2.27. The Labute approximate surface area is 78.0 Å². The zero-order valence-corrected chi connectivity index (χ0v) is 7.71. The lowest BCUT2D eigenvalue weighted by Crippen LogP contribution is -1.80. The smallest absolute Gasteiger partial charge is 0.142 e. The van der Waals surface area contributed by atoms with E-state index in [1.165, 1.54) is 18.2 Å². The normalized spacial score (nSPS) is 10.5. The van der Waals surface area contributed by atoms with E-state index >= 15 is 0 Å². The fourth-order valence-electron chi connectivity index (χ4n) is 0.785. The summed E-state index contributed by atoms with van der Waals surface area (Å²) in [5.41, 5.74) is 0.400. The summed E-state index contributed by atoms with van der Waals surface area (Å²) in [5, 5.41) is 0. The number of hydrogen-bond acceptors (Lipinski definition) is 1. The minimum Gasteiger partial charge on any atom is -0.299 e. The Morgan fingerprint density at radius 2 is 2.17 bits per heavy atom. The van der Waals surface area contributed by atoms with Crippen LogP contribution in [0.2, 0.25) is 0 Å². The molecule has 0 saturated heterocycles. The van der Waals surface area contributed by atoms with Gasteiger partial charge in [0.15, 0.2) is 0 Å². The van der Waals surface area contributed by atoms with Crippen molar-refractivity contribution in [1.29, 1.82) is 0 Å². The molecule has 0 amide bonds. The van der Waals surface area contributed by atoms with Gasteiger partial charge in [0.2, 0.25) is 0 Å². The summed E-state index contributed by atoms with van der Waals surface area (Å²) < 4.78 is 13.7. The number of carbonyl (C=O) groups excluding carboxylic acids is 1. The van der Waals surface area contributed by atoms with Crippen LogP contribution >= 0.6 is 15.9 Å². The molecule has 0 spiro atoms. The van der Waals surface area contributed by atoms with Crippen LogP contribution in [0.3, 0.4) is 0 Å². The Bertz CT molecular complexity index is 320. The van der Waals surface area contributed by atoms with Gasteiger partial charge in [0.25, 0.3) is 0 Å². The van der Waals surface area contributed by atoms with E-state index in [1.54, 1.807) is 12.1 Å². The lowest BCUT2D eigenvalue weighted by Gasteiger charge is -1.95. The van der Waals surface area contributed by atoms with Gasteiger partial charge in [0, 0.05) is 10.0 Å². The molecule has 0 aliphatic carbocycles. The highest BCUT2D eigenvalue weighted by molar-refractivity contribution is 9.10. The molecule has 0 aliphatic heterocycles. The molecule has 0 saturated carbocycles. The number of rotatable bonds is 2. The van der Waals surface area contributed by atoms with Gasteiger partial charge in [-0.1, -0.05) is 15.9 Å². The minimum atomic E-state index is -0.337. The SMILES string of the molecule is O=C/C=C/c1cc(Br)ccc1F. The van der Waals surface area contributed by atoms with Gasteiger partial charge in [-0.3, -0.25) is 4.79 Å². The van der Waals surface area contributed by atoms with E-state index < -0.39 is 0 Å². The molecule has 0 bridgehead atoms. The van der Waals surface area contributed by atoms with Crippen LogP contribution in [0.4, 0.5) is 4.39 Å². The first-order valence-corrected chi connectivity index (χ1v) is 4.10. The third-order valence-electron chi connectivity index (χ3n) is 1.31. The molecule has 12 heavy (non-hydrogen) atoms. The summed E-state index contributed by atoms with van der Waals surface area (Å²) in [6, 6.07) is 4.55. The molecule has 0 unspecified atom stereocenters. The zero-order valence-electron chi connectivity index (χ0n) is 6.13. The number of carbonyl (C=O) groups is 1. The number of hydrogen-bond donors (Lipinski definition) is 0.